The molecule has 2 aromatic heterocycles. The third-order valence-corrected chi connectivity index (χ3v) is 6.07. The van der Waals surface area contributed by atoms with E-state index >= 15 is 0 Å². The van der Waals surface area contributed by atoms with E-state index in [4.69, 9.17) is 45.5 Å². The zero-order valence-corrected chi connectivity index (χ0v) is 22.0. The topological polar surface area (TPSA) is 113 Å². The molecule has 0 atom stereocenters. The maximum atomic E-state index is 10.2. The number of hydrogen-bond acceptors (Lipinski definition) is 6. The number of benzene rings is 2. The number of nitrogen functional groups attached to an aromatic ring is 1. The number of anilines is 1. The van der Waals surface area contributed by atoms with Crippen LogP contribution in [0.15, 0.2) is 48.7 Å². The molecule has 0 fully saturated rings. The summed E-state index contributed by atoms with van der Waals surface area (Å²) in [5.41, 5.74) is 8.99. The molecule has 0 spiro atoms. The number of rotatable bonds is 7. The Morgan fingerprint density at radius 1 is 1.03 bits per heavy atom. The van der Waals surface area contributed by atoms with Crippen molar-refractivity contribution in [2.24, 2.45) is 0 Å². The molecule has 2 aromatic carbocycles. The lowest BCUT2D eigenvalue weighted by Gasteiger charge is -2.23. The van der Waals surface area contributed by atoms with E-state index in [2.05, 4.69) is 34.1 Å². The molecule has 2 heterocycles. The van der Waals surface area contributed by atoms with Gasteiger partial charge >= 0.3 is 0 Å². The second kappa shape index (κ2) is 11.0. The molecule has 0 saturated carbocycles. The Balaban J connectivity index is 0.00000342. The van der Waals surface area contributed by atoms with Gasteiger partial charge in [0.15, 0.2) is 0 Å². The van der Waals surface area contributed by atoms with Crippen LogP contribution in [0.4, 0.5) is 5.95 Å². The van der Waals surface area contributed by atoms with Crippen LogP contribution in [0, 0.1) is 0 Å². The molecule has 0 bridgehead atoms. The number of nitrogens with one attached hydrogen (secondary N) is 2. The van der Waals surface area contributed by atoms with Gasteiger partial charge in [-0.2, -0.15) is 0 Å². The first-order valence-corrected chi connectivity index (χ1v) is 11.6. The fraction of sp³-hybridized carbons (Fsp3) is 0.208. The summed E-state index contributed by atoms with van der Waals surface area (Å²) in [5, 5.41) is 15.1. The van der Waals surface area contributed by atoms with Crippen molar-refractivity contribution >= 4 is 53.2 Å². The van der Waals surface area contributed by atoms with Crippen molar-refractivity contribution in [3.63, 3.8) is 0 Å². The highest BCUT2D eigenvalue weighted by atomic mass is 35.5. The SMILES string of the molecule is CC(C)(CNCc1cc(Cl)cc(Cl)c1)c1nc(-c2ccc(Cl)c(O)c2)c(-c2ccnc(N)n2)[nH]1.Cl. The molecule has 0 aliphatic heterocycles. The second-order valence-corrected chi connectivity index (χ2v) is 9.82. The van der Waals surface area contributed by atoms with Crippen molar-refractivity contribution in [2.75, 3.05) is 12.3 Å². The Kier molecular flexibility index (Phi) is 8.51. The van der Waals surface area contributed by atoms with E-state index < -0.39 is 0 Å². The van der Waals surface area contributed by atoms with E-state index in [1.165, 1.54) is 0 Å². The van der Waals surface area contributed by atoms with Gasteiger partial charge in [-0.1, -0.05) is 54.7 Å². The summed E-state index contributed by atoms with van der Waals surface area (Å²) < 4.78 is 0. The van der Waals surface area contributed by atoms with Gasteiger partial charge in [-0.25, -0.2) is 15.0 Å². The number of nitrogens with zero attached hydrogens (tertiary/aromatic N) is 3. The van der Waals surface area contributed by atoms with Gasteiger partial charge in [-0.05, 0) is 42.0 Å². The van der Waals surface area contributed by atoms with Crippen LogP contribution in [0.1, 0.15) is 25.2 Å². The summed E-state index contributed by atoms with van der Waals surface area (Å²) in [6, 6.07) is 12.2. The average molecular weight is 554 g/mol. The molecular weight excluding hydrogens is 530 g/mol. The van der Waals surface area contributed by atoms with Gasteiger partial charge in [-0.3, -0.25) is 0 Å². The molecule has 0 saturated heterocycles. The summed E-state index contributed by atoms with van der Waals surface area (Å²) in [7, 11) is 0. The lowest BCUT2D eigenvalue weighted by molar-refractivity contribution is 0.448. The van der Waals surface area contributed by atoms with Crippen molar-refractivity contribution in [2.45, 2.75) is 25.8 Å². The smallest absolute Gasteiger partial charge is 0.220 e. The minimum absolute atomic E-state index is 0. The van der Waals surface area contributed by atoms with Crippen LogP contribution in [0.5, 0.6) is 5.75 Å². The molecule has 7 nitrogen and oxygen atoms in total. The van der Waals surface area contributed by atoms with E-state index in [0.717, 1.165) is 11.4 Å². The second-order valence-electron chi connectivity index (χ2n) is 8.54. The number of hydrogen-bond donors (Lipinski definition) is 4. The Morgan fingerprint density at radius 2 is 1.74 bits per heavy atom. The fourth-order valence-electron chi connectivity index (χ4n) is 3.58. The molecular formula is C24H24Cl4N6O. The molecule has 0 aliphatic rings. The number of nitrogens with two attached hydrogens (primary N) is 1. The molecule has 4 aromatic rings. The van der Waals surface area contributed by atoms with Crippen molar-refractivity contribution in [1.29, 1.82) is 0 Å². The lowest BCUT2D eigenvalue weighted by Crippen LogP contribution is -2.33. The van der Waals surface area contributed by atoms with Gasteiger partial charge in [0.2, 0.25) is 5.95 Å². The zero-order chi connectivity index (χ0) is 24.5. The molecule has 11 heteroatoms. The largest absolute Gasteiger partial charge is 0.506 e. The first-order valence-electron chi connectivity index (χ1n) is 10.5. The van der Waals surface area contributed by atoms with Gasteiger partial charge in [0.05, 0.1) is 22.1 Å². The van der Waals surface area contributed by atoms with Gasteiger partial charge in [0.25, 0.3) is 0 Å². The van der Waals surface area contributed by atoms with Gasteiger partial charge in [0, 0.05) is 40.3 Å². The van der Waals surface area contributed by atoms with Crippen LogP contribution in [0.3, 0.4) is 0 Å². The van der Waals surface area contributed by atoms with E-state index in [0.29, 0.717) is 45.8 Å². The maximum Gasteiger partial charge on any atom is 0.220 e. The number of aromatic hydroxyl groups is 1. The highest BCUT2D eigenvalue weighted by Gasteiger charge is 2.27. The van der Waals surface area contributed by atoms with Crippen molar-refractivity contribution in [3.8, 4) is 28.4 Å². The molecule has 0 aliphatic carbocycles. The summed E-state index contributed by atoms with van der Waals surface area (Å²) in [6.07, 6.45) is 1.59. The van der Waals surface area contributed by atoms with Crippen LogP contribution in [-0.4, -0.2) is 31.6 Å². The maximum absolute atomic E-state index is 10.2. The first kappa shape index (κ1) is 27.0. The molecule has 0 unspecified atom stereocenters. The molecule has 184 valence electrons. The standard InChI is InChI=1S/C24H23Cl3N6O.ClH/c1-24(2,12-29-11-13-7-15(25)10-16(26)8-13)22-32-20(14-3-4-17(27)19(34)9-14)21(33-22)18-5-6-30-23(28)31-18;/h3-10,29,34H,11-12H2,1-2H3,(H,32,33)(H2,28,30,31);1H. The number of phenols is 1. The van der Waals surface area contributed by atoms with Gasteiger partial charge in [0.1, 0.15) is 11.6 Å². The Bertz CT molecular complexity index is 1320. The molecule has 4 rings (SSSR count). The molecule has 0 radical (unpaired) electrons. The number of halogens is 4. The first-order chi connectivity index (χ1) is 16.1. The Labute approximate surface area is 224 Å². The lowest BCUT2D eigenvalue weighted by atomic mass is 9.92. The van der Waals surface area contributed by atoms with Crippen LogP contribution in [0.2, 0.25) is 15.1 Å². The Hall–Kier alpha value is -2.55. The summed E-state index contributed by atoms with van der Waals surface area (Å²) in [4.78, 5) is 16.6. The number of imidazole rings is 1. The van der Waals surface area contributed by atoms with Crippen LogP contribution in [-0.2, 0) is 12.0 Å². The van der Waals surface area contributed by atoms with Crippen molar-refractivity contribution < 1.29 is 5.11 Å². The molecule has 35 heavy (non-hydrogen) atoms. The number of H-pyrrole nitrogens is 1. The average Bonchev–Trinajstić information content (AvgIpc) is 3.21. The minimum atomic E-state index is -0.386. The third-order valence-electron chi connectivity index (χ3n) is 5.31. The van der Waals surface area contributed by atoms with E-state index in [9.17, 15) is 5.11 Å². The third kappa shape index (κ3) is 6.37. The van der Waals surface area contributed by atoms with Crippen molar-refractivity contribution in [1.82, 2.24) is 25.3 Å². The highest BCUT2D eigenvalue weighted by molar-refractivity contribution is 6.34. The summed E-state index contributed by atoms with van der Waals surface area (Å²) in [5.74, 6) is 0.860. The molecule has 5 N–H and O–H groups in total. The van der Waals surface area contributed by atoms with Crippen LogP contribution >= 0.6 is 47.2 Å². The van der Waals surface area contributed by atoms with E-state index in [1.54, 1.807) is 36.5 Å². The number of phenolic OH excluding ortho intramolecular Hbond substituents is 1. The number of aromatic nitrogens is 4. The monoisotopic (exact) mass is 552 g/mol. The van der Waals surface area contributed by atoms with E-state index in [-0.39, 0.29) is 34.5 Å². The predicted octanol–water partition coefficient (Wildman–Crippen LogP) is 6.27. The predicted molar refractivity (Wildman–Crippen MR) is 145 cm³/mol. The Morgan fingerprint density at radius 3 is 2.40 bits per heavy atom. The summed E-state index contributed by atoms with van der Waals surface area (Å²) >= 11 is 18.2. The quantitative estimate of drug-likeness (QED) is 0.214. The zero-order valence-electron chi connectivity index (χ0n) is 18.9. The van der Waals surface area contributed by atoms with E-state index in [1.807, 2.05) is 12.1 Å². The van der Waals surface area contributed by atoms with Gasteiger partial charge in [-0.15, -0.1) is 12.4 Å². The van der Waals surface area contributed by atoms with Crippen molar-refractivity contribution in [3.05, 3.63) is 75.1 Å². The minimum Gasteiger partial charge on any atom is -0.506 e. The normalized spacial score (nSPS) is 11.3. The summed E-state index contributed by atoms with van der Waals surface area (Å²) in [6.45, 7) is 5.36. The number of aromatic amines is 1. The highest BCUT2D eigenvalue weighted by Crippen LogP contribution is 2.36. The molecule has 0 amide bonds. The van der Waals surface area contributed by atoms with Crippen LogP contribution < -0.4 is 11.1 Å². The fourth-order valence-corrected chi connectivity index (χ4v) is 4.27. The van der Waals surface area contributed by atoms with Gasteiger partial charge < -0.3 is 21.1 Å². The van der Waals surface area contributed by atoms with Crippen LogP contribution in [0.25, 0.3) is 22.6 Å².